The molecule has 1 aromatic rings. The van der Waals surface area contributed by atoms with Gasteiger partial charge in [-0.3, -0.25) is 4.79 Å². The first-order chi connectivity index (χ1) is 9.08. The first kappa shape index (κ1) is 14.2. The van der Waals surface area contributed by atoms with Gasteiger partial charge in [-0.05, 0) is 25.1 Å². The molecule has 0 radical (unpaired) electrons. The van der Waals surface area contributed by atoms with Crippen LogP contribution < -0.4 is 10.2 Å². The van der Waals surface area contributed by atoms with Gasteiger partial charge in [-0.25, -0.2) is 4.39 Å². The number of carbonyl (C=O) groups excluding carboxylic acids is 1. The van der Waals surface area contributed by atoms with Crippen LogP contribution in [0, 0.1) is 5.82 Å². The molecule has 1 saturated heterocycles. The largest absolute Gasteiger partial charge is 0.370 e. The van der Waals surface area contributed by atoms with Crippen LogP contribution in [0.2, 0.25) is 5.02 Å². The van der Waals surface area contributed by atoms with Crippen molar-refractivity contribution in [1.29, 1.82) is 0 Å². The van der Waals surface area contributed by atoms with E-state index in [0.29, 0.717) is 18.9 Å². The molecule has 0 saturated carbocycles. The van der Waals surface area contributed by atoms with Crippen molar-refractivity contribution in [2.24, 2.45) is 0 Å². The van der Waals surface area contributed by atoms with Crippen LogP contribution in [0.4, 0.5) is 10.1 Å². The van der Waals surface area contributed by atoms with E-state index in [9.17, 15) is 9.18 Å². The lowest BCUT2D eigenvalue weighted by Gasteiger charge is -2.28. The number of quaternary nitrogens is 1. The number of morpholine rings is 1. The van der Waals surface area contributed by atoms with E-state index in [4.69, 9.17) is 16.3 Å². The van der Waals surface area contributed by atoms with E-state index in [-0.39, 0.29) is 17.0 Å². The third kappa shape index (κ3) is 3.65. The molecule has 0 spiro atoms. The molecule has 0 aliphatic carbocycles. The molecule has 19 heavy (non-hydrogen) atoms. The van der Waals surface area contributed by atoms with Gasteiger partial charge in [0.25, 0.3) is 5.91 Å². The summed E-state index contributed by atoms with van der Waals surface area (Å²) in [4.78, 5) is 13.3. The SMILES string of the molecule is C[C@H](C(=O)Nc1ccc(F)cc1Cl)[NH+]1CCOCC1. The van der Waals surface area contributed by atoms with Crippen molar-refractivity contribution in [3.05, 3.63) is 29.0 Å². The lowest BCUT2D eigenvalue weighted by molar-refractivity contribution is -0.921. The summed E-state index contributed by atoms with van der Waals surface area (Å²) in [6.45, 7) is 4.83. The third-order valence-corrected chi connectivity index (χ3v) is 3.64. The predicted octanol–water partition coefficient (Wildman–Crippen LogP) is 0.721. The van der Waals surface area contributed by atoms with Crippen LogP contribution in [0.1, 0.15) is 6.92 Å². The molecule has 1 aliphatic rings. The minimum atomic E-state index is -0.421. The molecule has 1 aromatic carbocycles. The normalized spacial score (nSPS) is 18.1. The Bertz CT molecular complexity index is 464. The monoisotopic (exact) mass is 287 g/mol. The zero-order valence-corrected chi connectivity index (χ0v) is 11.5. The molecule has 1 heterocycles. The Morgan fingerprint density at radius 1 is 1.47 bits per heavy atom. The number of halogens is 2. The van der Waals surface area contributed by atoms with Crippen molar-refractivity contribution >= 4 is 23.2 Å². The van der Waals surface area contributed by atoms with Gasteiger partial charge < -0.3 is 15.0 Å². The second kappa shape index (κ2) is 6.32. The number of amides is 1. The Morgan fingerprint density at radius 2 is 2.16 bits per heavy atom. The molecule has 104 valence electrons. The fourth-order valence-electron chi connectivity index (χ4n) is 2.08. The molecule has 0 unspecified atom stereocenters. The van der Waals surface area contributed by atoms with E-state index in [1.54, 1.807) is 0 Å². The number of hydrogen-bond acceptors (Lipinski definition) is 2. The van der Waals surface area contributed by atoms with Crippen LogP contribution in [-0.2, 0) is 9.53 Å². The van der Waals surface area contributed by atoms with Crippen molar-refractivity contribution in [2.75, 3.05) is 31.6 Å². The molecule has 1 aliphatic heterocycles. The lowest BCUT2D eigenvalue weighted by atomic mass is 10.2. The lowest BCUT2D eigenvalue weighted by Crippen LogP contribution is -3.18. The Balaban J connectivity index is 1.99. The van der Waals surface area contributed by atoms with Crippen LogP contribution in [-0.4, -0.2) is 38.3 Å². The molecule has 4 nitrogen and oxygen atoms in total. The van der Waals surface area contributed by atoms with Gasteiger partial charge in [-0.1, -0.05) is 11.6 Å². The average molecular weight is 288 g/mol. The number of hydrogen-bond donors (Lipinski definition) is 2. The van der Waals surface area contributed by atoms with E-state index in [1.807, 2.05) is 6.92 Å². The number of anilines is 1. The molecule has 1 fully saturated rings. The molecule has 2 rings (SSSR count). The van der Waals surface area contributed by atoms with Gasteiger partial charge in [0.05, 0.1) is 23.9 Å². The van der Waals surface area contributed by atoms with Crippen LogP contribution >= 0.6 is 11.6 Å². The highest BCUT2D eigenvalue weighted by atomic mass is 35.5. The van der Waals surface area contributed by atoms with Crippen LogP contribution in [0.3, 0.4) is 0 Å². The summed E-state index contributed by atoms with van der Waals surface area (Å²) in [7, 11) is 0. The Labute approximate surface area is 116 Å². The molecule has 0 bridgehead atoms. The topological polar surface area (TPSA) is 42.8 Å². The number of benzene rings is 1. The Morgan fingerprint density at radius 3 is 2.79 bits per heavy atom. The maximum absolute atomic E-state index is 12.9. The van der Waals surface area contributed by atoms with Crippen LogP contribution in [0.5, 0.6) is 0 Å². The molecular formula is C13H17ClFN2O2+. The minimum absolute atomic E-state index is 0.120. The van der Waals surface area contributed by atoms with Crippen molar-refractivity contribution in [2.45, 2.75) is 13.0 Å². The Hall–Kier alpha value is -1.17. The Kier molecular flexibility index (Phi) is 4.74. The molecular weight excluding hydrogens is 271 g/mol. The first-order valence-electron chi connectivity index (χ1n) is 6.26. The van der Waals surface area contributed by atoms with Gasteiger partial charge in [-0.2, -0.15) is 0 Å². The average Bonchev–Trinajstić information content (AvgIpc) is 2.42. The van der Waals surface area contributed by atoms with Gasteiger partial charge >= 0.3 is 0 Å². The zero-order chi connectivity index (χ0) is 13.8. The molecule has 1 amide bonds. The van der Waals surface area contributed by atoms with E-state index < -0.39 is 5.82 Å². The summed E-state index contributed by atoms with van der Waals surface area (Å²) in [6.07, 6.45) is 0. The summed E-state index contributed by atoms with van der Waals surface area (Å²) in [5.41, 5.74) is 0.438. The number of nitrogens with one attached hydrogen (secondary N) is 2. The van der Waals surface area contributed by atoms with Crippen molar-refractivity contribution in [1.82, 2.24) is 0 Å². The number of carbonyl (C=O) groups is 1. The second-order valence-corrected chi connectivity index (χ2v) is 5.01. The molecule has 2 N–H and O–H groups in total. The number of rotatable bonds is 3. The predicted molar refractivity (Wildman–Crippen MR) is 71.0 cm³/mol. The van der Waals surface area contributed by atoms with Gasteiger partial charge in [0.15, 0.2) is 6.04 Å². The quantitative estimate of drug-likeness (QED) is 0.860. The maximum atomic E-state index is 12.9. The summed E-state index contributed by atoms with van der Waals surface area (Å²) in [6, 6.07) is 3.73. The standard InChI is InChI=1S/C13H16ClFN2O2/c1-9(17-4-6-19-7-5-17)13(18)16-12-3-2-10(15)8-11(12)14/h2-3,8-9H,4-7H2,1H3,(H,16,18)/p+1/t9-/m1/s1. The summed E-state index contributed by atoms with van der Waals surface area (Å²) >= 11 is 5.88. The molecule has 1 atom stereocenters. The zero-order valence-electron chi connectivity index (χ0n) is 10.7. The summed E-state index contributed by atoms with van der Waals surface area (Å²) in [5, 5.41) is 2.94. The van der Waals surface area contributed by atoms with Crippen molar-refractivity contribution < 1.29 is 18.8 Å². The smallest absolute Gasteiger partial charge is 0.282 e. The highest BCUT2D eigenvalue weighted by molar-refractivity contribution is 6.33. The van der Waals surface area contributed by atoms with E-state index in [2.05, 4.69) is 5.32 Å². The fourth-order valence-corrected chi connectivity index (χ4v) is 2.30. The third-order valence-electron chi connectivity index (χ3n) is 3.33. The molecule has 0 aromatic heterocycles. The maximum Gasteiger partial charge on any atom is 0.282 e. The summed E-state index contributed by atoms with van der Waals surface area (Å²) in [5.74, 6) is -0.541. The highest BCUT2D eigenvalue weighted by Crippen LogP contribution is 2.22. The second-order valence-electron chi connectivity index (χ2n) is 4.61. The first-order valence-corrected chi connectivity index (χ1v) is 6.64. The van der Waals surface area contributed by atoms with Gasteiger partial charge in [0.1, 0.15) is 18.9 Å². The highest BCUT2D eigenvalue weighted by Gasteiger charge is 2.27. The molecule has 6 heteroatoms. The van der Waals surface area contributed by atoms with Crippen molar-refractivity contribution in [3.63, 3.8) is 0 Å². The van der Waals surface area contributed by atoms with Gasteiger partial charge in [-0.15, -0.1) is 0 Å². The van der Waals surface area contributed by atoms with Crippen LogP contribution in [0.15, 0.2) is 18.2 Å². The van der Waals surface area contributed by atoms with Crippen molar-refractivity contribution in [3.8, 4) is 0 Å². The van der Waals surface area contributed by atoms with Gasteiger partial charge in [0, 0.05) is 0 Å². The van der Waals surface area contributed by atoms with E-state index in [1.165, 1.54) is 23.1 Å². The van der Waals surface area contributed by atoms with Crippen LogP contribution in [0.25, 0.3) is 0 Å². The fraction of sp³-hybridized carbons (Fsp3) is 0.462. The number of ether oxygens (including phenoxy) is 1. The van der Waals surface area contributed by atoms with E-state index >= 15 is 0 Å². The van der Waals surface area contributed by atoms with Gasteiger partial charge in [0.2, 0.25) is 0 Å². The minimum Gasteiger partial charge on any atom is -0.370 e. The van der Waals surface area contributed by atoms with E-state index in [0.717, 1.165) is 13.1 Å². The summed E-state index contributed by atoms with van der Waals surface area (Å²) < 4.78 is 18.2.